The second-order valence-electron chi connectivity index (χ2n) is 4.48. The van der Waals surface area contributed by atoms with Gasteiger partial charge in [-0.05, 0) is 37.1 Å². The van der Waals surface area contributed by atoms with Crippen LogP contribution in [0.3, 0.4) is 0 Å². The van der Waals surface area contributed by atoms with E-state index in [0.29, 0.717) is 18.7 Å². The summed E-state index contributed by atoms with van der Waals surface area (Å²) in [4.78, 5) is 13.4. The highest BCUT2D eigenvalue weighted by atomic mass is 35.5. The summed E-state index contributed by atoms with van der Waals surface area (Å²) in [6, 6.07) is 5.09. The van der Waals surface area contributed by atoms with Crippen molar-refractivity contribution in [2.45, 2.75) is 19.8 Å². The van der Waals surface area contributed by atoms with Crippen LogP contribution in [0.15, 0.2) is 18.2 Å². The smallest absolute Gasteiger partial charge is 0.246 e. The lowest BCUT2D eigenvalue weighted by Crippen LogP contribution is -2.24. The van der Waals surface area contributed by atoms with Crippen molar-refractivity contribution in [3.05, 3.63) is 23.8 Å². The van der Waals surface area contributed by atoms with Gasteiger partial charge in [-0.1, -0.05) is 0 Å². The maximum atomic E-state index is 11.7. The Labute approximate surface area is 117 Å². The lowest BCUT2D eigenvalue weighted by Gasteiger charge is -2.19. The third kappa shape index (κ3) is 3.19. The van der Waals surface area contributed by atoms with E-state index < -0.39 is 15.2 Å². The fourth-order valence-electron chi connectivity index (χ4n) is 2.13. The van der Waals surface area contributed by atoms with E-state index >= 15 is 0 Å². The van der Waals surface area contributed by atoms with Gasteiger partial charge in [0.05, 0.1) is 0 Å². The van der Waals surface area contributed by atoms with Gasteiger partial charge in [-0.15, -0.1) is 11.6 Å². The Kier molecular flexibility index (Phi) is 4.01. The van der Waals surface area contributed by atoms with E-state index in [2.05, 4.69) is 4.72 Å². The number of alkyl halides is 1. The minimum Gasteiger partial charge on any atom is -0.312 e. The Morgan fingerprint density at radius 2 is 2.16 bits per heavy atom. The second kappa shape index (κ2) is 5.38. The van der Waals surface area contributed by atoms with E-state index in [1.54, 1.807) is 23.1 Å². The van der Waals surface area contributed by atoms with E-state index in [0.717, 1.165) is 17.7 Å². The summed E-state index contributed by atoms with van der Waals surface area (Å²) in [6.07, 6.45) is 1.43. The first kappa shape index (κ1) is 14.1. The lowest BCUT2D eigenvalue weighted by atomic mass is 10.1. The third-order valence-electron chi connectivity index (χ3n) is 2.98. The first-order chi connectivity index (χ1) is 8.93. The SMILES string of the molecule is Cc1cc(NS(=O)(=O)CCl)ccc1N1CCCC1=O. The zero-order chi connectivity index (χ0) is 14.0. The van der Waals surface area contributed by atoms with Gasteiger partial charge in [0.15, 0.2) is 0 Å². The van der Waals surface area contributed by atoms with Crippen molar-refractivity contribution in [2.24, 2.45) is 0 Å². The summed E-state index contributed by atoms with van der Waals surface area (Å²) >= 11 is 5.33. The number of amides is 1. The van der Waals surface area contributed by atoms with E-state index in [1.807, 2.05) is 6.92 Å². The Balaban J connectivity index is 2.25. The van der Waals surface area contributed by atoms with Crippen LogP contribution in [-0.4, -0.2) is 26.1 Å². The van der Waals surface area contributed by atoms with Gasteiger partial charge in [-0.3, -0.25) is 9.52 Å². The summed E-state index contributed by atoms with van der Waals surface area (Å²) in [6.45, 7) is 2.56. The maximum absolute atomic E-state index is 11.7. The van der Waals surface area contributed by atoms with E-state index in [1.165, 1.54) is 0 Å². The average molecular weight is 303 g/mol. The van der Waals surface area contributed by atoms with Crippen LogP contribution in [0, 0.1) is 6.92 Å². The predicted octanol–water partition coefficient (Wildman–Crippen LogP) is 2.06. The summed E-state index contributed by atoms with van der Waals surface area (Å²) in [5, 5.41) is -0.488. The van der Waals surface area contributed by atoms with Gasteiger partial charge in [0.25, 0.3) is 0 Å². The van der Waals surface area contributed by atoms with Crippen LogP contribution < -0.4 is 9.62 Å². The van der Waals surface area contributed by atoms with Crippen LogP contribution in [-0.2, 0) is 14.8 Å². The monoisotopic (exact) mass is 302 g/mol. The summed E-state index contributed by atoms with van der Waals surface area (Å²) in [7, 11) is -3.50. The number of hydrogen-bond donors (Lipinski definition) is 1. The molecule has 1 aliphatic heterocycles. The fraction of sp³-hybridized carbons (Fsp3) is 0.417. The number of benzene rings is 1. The van der Waals surface area contributed by atoms with Crippen molar-refractivity contribution in [3.8, 4) is 0 Å². The minimum atomic E-state index is -3.50. The van der Waals surface area contributed by atoms with Crippen LogP contribution in [0.5, 0.6) is 0 Å². The van der Waals surface area contributed by atoms with Gasteiger partial charge < -0.3 is 4.90 Å². The van der Waals surface area contributed by atoms with Crippen molar-refractivity contribution < 1.29 is 13.2 Å². The molecule has 104 valence electrons. The molecule has 0 radical (unpaired) electrons. The number of carbonyl (C=O) groups is 1. The van der Waals surface area contributed by atoms with Crippen molar-refractivity contribution in [3.63, 3.8) is 0 Å². The minimum absolute atomic E-state index is 0.109. The first-order valence-electron chi connectivity index (χ1n) is 5.90. The van der Waals surface area contributed by atoms with Gasteiger partial charge in [0.2, 0.25) is 15.9 Å². The normalized spacial score (nSPS) is 15.9. The van der Waals surface area contributed by atoms with E-state index in [-0.39, 0.29) is 5.91 Å². The molecule has 0 spiro atoms. The fourth-order valence-corrected chi connectivity index (χ4v) is 2.84. The summed E-state index contributed by atoms with van der Waals surface area (Å²) in [5.41, 5.74) is 2.13. The van der Waals surface area contributed by atoms with E-state index in [4.69, 9.17) is 11.6 Å². The largest absolute Gasteiger partial charge is 0.312 e. The molecule has 1 aromatic rings. The molecular formula is C12H15ClN2O3S. The van der Waals surface area contributed by atoms with Gasteiger partial charge >= 0.3 is 0 Å². The van der Waals surface area contributed by atoms with E-state index in [9.17, 15) is 13.2 Å². The number of sulfonamides is 1. The molecule has 1 fully saturated rings. The summed E-state index contributed by atoms with van der Waals surface area (Å²) in [5.74, 6) is 0.109. The Bertz CT molecular complexity index is 601. The maximum Gasteiger partial charge on any atom is 0.246 e. The zero-order valence-electron chi connectivity index (χ0n) is 10.5. The highest BCUT2D eigenvalue weighted by molar-refractivity contribution is 7.93. The number of halogens is 1. The number of carbonyl (C=O) groups excluding carboxylic acids is 1. The number of rotatable bonds is 4. The predicted molar refractivity (Wildman–Crippen MR) is 76.0 cm³/mol. The number of aryl methyl sites for hydroxylation is 1. The molecule has 0 saturated carbocycles. The first-order valence-corrected chi connectivity index (χ1v) is 8.09. The standard InChI is InChI=1S/C12H15ClN2O3S/c1-9-7-10(14-19(17,18)8-13)4-5-11(9)15-6-2-3-12(15)16/h4-5,7,14H,2-3,6,8H2,1H3. The Morgan fingerprint density at radius 1 is 1.42 bits per heavy atom. The molecule has 1 amide bonds. The molecule has 0 unspecified atom stereocenters. The zero-order valence-corrected chi connectivity index (χ0v) is 12.1. The highest BCUT2D eigenvalue weighted by Gasteiger charge is 2.23. The van der Waals surface area contributed by atoms with Crippen molar-refractivity contribution in [2.75, 3.05) is 21.4 Å². The number of nitrogens with zero attached hydrogens (tertiary/aromatic N) is 1. The van der Waals surface area contributed by atoms with Gasteiger partial charge in [-0.25, -0.2) is 8.42 Å². The summed E-state index contributed by atoms with van der Waals surface area (Å²) < 4.78 is 25.1. The number of nitrogens with one attached hydrogen (secondary N) is 1. The van der Waals surface area contributed by atoms with Gasteiger partial charge in [0, 0.05) is 24.3 Å². The highest BCUT2D eigenvalue weighted by Crippen LogP contribution is 2.27. The molecule has 2 rings (SSSR count). The molecule has 19 heavy (non-hydrogen) atoms. The Morgan fingerprint density at radius 3 is 2.68 bits per heavy atom. The molecule has 0 bridgehead atoms. The van der Waals surface area contributed by atoms with Crippen molar-refractivity contribution in [1.29, 1.82) is 0 Å². The molecule has 0 aromatic heterocycles. The Hall–Kier alpha value is -1.27. The van der Waals surface area contributed by atoms with Crippen LogP contribution in [0.25, 0.3) is 0 Å². The van der Waals surface area contributed by atoms with Crippen LogP contribution >= 0.6 is 11.6 Å². The molecule has 5 nitrogen and oxygen atoms in total. The molecule has 0 atom stereocenters. The molecule has 1 N–H and O–H groups in total. The molecular weight excluding hydrogens is 288 g/mol. The topological polar surface area (TPSA) is 66.5 Å². The number of anilines is 2. The van der Waals surface area contributed by atoms with Crippen LogP contribution in [0.2, 0.25) is 0 Å². The van der Waals surface area contributed by atoms with Crippen LogP contribution in [0.1, 0.15) is 18.4 Å². The third-order valence-corrected chi connectivity index (χ3v) is 4.67. The number of hydrogen-bond acceptors (Lipinski definition) is 3. The molecule has 1 aromatic carbocycles. The molecule has 1 heterocycles. The van der Waals surface area contributed by atoms with Gasteiger partial charge in [0.1, 0.15) is 5.21 Å². The van der Waals surface area contributed by atoms with Crippen LogP contribution in [0.4, 0.5) is 11.4 Å². The second-order valence-corrected chi connectivity index (χ2v) is 6.78. The molecule has 1 aliphatic rings. The average Bonchev–Trinajstić information content (AvgIpc) is 2.75. The quantitative estimate of drug-likeness (QED) is 0.866. The van der Waals surface area contributed by atoms with Gasteiger partial charge in [-0.2, -0.15) is 0 Å². The lowest BCUT2D eigenvalue weighted by molar-refractivity contribution is -0.117. The van der Waals surface area contributed by atoms with Crippen molar-refractivity contribution in [1.82, 2.24) is 0 Å². The van der Waals surface area contributed by atoms with Crippen molar-refractivity contribution >= 4 is 38.9 Å². The molecule has 1 saturated heterocycles. The molecule has 0 aliphatic carbocycles. The molecule has 7 heteroatoms.